The highest BCUT2D eigenvalue weighted by Crippen LogP contribution is 2.25. The van der Waals surface area contributed by atoms with E-state index < -0.39 is 10.0 Å². The van der Waals surface area contributed by atoms with Crippen LogP contribution in [0.25, 0.3) is 0 Å². The fourth-order valence-electron chi connectivity index (χ4n) is 2.12. The minimum Gasteiger partial charge on any atom is -0.384 e. The smallest absolute Gasteiger partial charge is 0.263 e. The average molecular weight is 305 g/mol. The summed E-state index contributed by atoms with van der Waals surface area (Å²) in [5.41, 5.74) is 8.10. The number of aromatic nitrogens is 1. The average Bonchev–Trinajstić information content (AvgIpc) is 2.47. The van der Waals surface area contributed by atoms with Crippen molar-refractivity contribution >= 4 is 21.5 Å². The van der Waals surface area contributed by atoms with Crippen molar-refractivity contribution in [3.63, 3.8) is 0 Å². The number of sulfonamides is 1. The van der Waals surface area contributed by atoms with Crippen LogP contribution in [0, 0.1) is 0 Å². The lowest BCUT2D eigenvalue weighted by molar-refractivity contribution is 0.600. The summed E-state index contributed by atoms with van der Waals surface area (Å²) < 4.78 is 27.6. The van der Waals surface area contributed by atoms with Crippen LogP contribution in [0.15, 0.2) is 41.4 Å². The molecule has 0 atom stereocenters. The number of hydrogen-bond acceptors (Lipinski definition) is 4. The maximum Gasteiger partial charge on any atom is 0.263 e. The number of rotatable bonds is 5. The van der Waals surface area contributed by atoms with Gasteiger partial charge >= 0.3 is 0 Å². The fraction of sp³-hybridized carbons (Fsp3) is 0.267. The molecule has 0 radical (unpaired) electrons. The van der Waals surface area contributed by atoms with Crippen LogP contribution >= 0.6 is 0 Å². The van der Waals surface area contributed by atoms with Gasteiger partial charge < -0.3 is 5.73 Å². The van der Waals surface area contributed by atoms with Crippen LogP contribution in [0.2, 0.25) is 0 Å². The molecule has 0 aliphatic rings. The Bertz CT molecular complexity index is 703. The summed E-state index contributed by atoms with van der Waals surface area (Å²) in [6, 6.07) is 8.72. The molecule has 0 aliphatic heterocycles. The third-order valence-corrected chi connectivity index (χ3v) is 4.64. The second-order valence-corrected chi connectivity index (χ2v) is 6.37. The Kier molecular flexibility index (Phi) is 4.47. The molecule has 112 valence electrons. The van der Waals surface area contributed by atoms with Crippen molar-refractivity contribution in [3.05, 3.63) is 47.7 Å². The Morgan fingerprint density at radius 3 is 2.19 bits per heavy atom. The number of anilines is 2. The Labute approximate surface area is 125 Å². The number of nitrogens with two attached hydrogens (primary N) is 1. The maximum atomic E-state index is 12.5. The van der Waals surface area contributed by atoms with Crippen LogP contribution in [-0.2, 0) is 22.9 Å². The summed E-state index contributed by atoms with van der Waals surface area (Å²) in [5, 5.41) is 0. The molecule has 1 heterocycles. The summed E-state index contributed by atoms with van der Waals surface area (Å²) >= 11 is 0. The van der Waals surface area contributed by atoms with Gasteiger partial charge in [0.05, 0.1) is 5.69 Å². The second-order valence-electron chi connectivity index (χ2n) is 4.68. The molecule has 0 bridgehead atoms. The molecule has 2 aromatic rings. The highest BCUT2D eigenvalue weighted by molar-refractivity contribution is 7.92. The van der Waals surface area contributed by atoms with Gasteiger partial charge in [0, 0.05) is 6.20 Å². The van der Waals surface area contributed by atoms with Crippen molar-refractivity contribution in [1.29, 1.82) is 0 Å². The molecular weight excluding hydrogens is 286 g/mol. The second kappa shape index (κ2) is 6.13. The van der Waals surface area contributed by atoms with E-state index in [9.17, 15) is 8.42 Å². The number of pyridine rings is 1. The van der Waals surface area contributed by atoms with E-state index >= 15 is 0 Å². The molecular formula is C15H19N3O2S. The lowest BCUT2D eigenvalue weighted by Crippen LogP contribution is -2.16. The molecule has 2 rings (SSSR count). The summed E-state index contributed by atoms with van der Waals surface area (Å²) in [6.45, 7) is 3.99. The molecule has 0 amide bonds. The third kappa shape index (κ3) is 3.33. The minimum absolute atomic E-state index is 0.102. The van der Waals surface area contributed by atoms with Gasteiger partial charge in [-0.3, -0.25) is 4.72 Å². The molecule has 1 aromatic heterocycles. The van der Waals surface area contributed by atoms with Gasteiger partial charge in [-0.25, -0.2) is 13.4 Å². The topological polar surface area (TPSA) is 85.1 Å². The summed E-state index contributed by atoms with van der Waals surface area (Å²) in [6.07, 6.45) is 2.77. The highest BCUT2D eigenvalue weighted by Gasteiger charge is 2.17. The van der Waals surface area contributed by atoms with Gasteiger partial charge in [-0.2, -0.15) is 0 Å². The molecule has 0 aliphatic carbocycles. The molecule has 0 unspecified atom stereocenters. The van der Waals surface area contributed by atoms with Crippen LogP contribution in [-0.4, -0.2) is 13.4 Å². The highest BCUT2D eigenvalue weighted by atomic mass is 32.2. The van der Waals surface area contributed by atoms with Crippen LogP contribution in [0.3, 0.4) is 0 Å². The minimum atomic E-state index is -3.66. The predicted molar refractivity (Wildman–Crippen MR) is 84.7 cm³/mol. The quantitative estimate of drug-likeness (QED) is 0.889. The van der Waals surface area contributed by atoms with Crippen LogP contribution in [0.5, 0.6) is 0 Å². The molecule has 0 spiro atoms. The zero-order valence-electron chi connectivity index (χ0n) is 12.1. The van der Waals surface area contributed by atoms with Crippen molar-refractivity contribution in [2.45, 2.75) is 31.6 Å². The SMILES string of the molecule is CCc1cccc(CC)c1NS(=O)(=O)c1ccc(N)nc1. The van der Waals surface area contributed by atoms with Gasteiger partial charge in [0.25, 0.3) is 10.0 Å². The van der Waals surface area contributed by atoms with Crippen molar-refractivity contribution in [2.75, 3.05) is 10.5 Å². The lowest BCUT2D eigenvalue weighted by atomic mass is 10.0. The van der Waals surface area contributed by atoms with Crippen molar-refractivity contribution in [3.8, 4) is 0 Å². The van der Waals surface area contributed by atoms with E-state index in [2.05, 4.69) is 9.71 Å². The predicted octanol–water partition coefficient (Wildman–Crippen LogP) is 2.59. The maximum absolute atomic E-state index is 12.5. The number of nitrogens with one attached hydrogen (secondary N) is 1. The van der Waals surface area contributed by atoms with E-state index in [-0.39, 0.29) is 10.7 Å². The fourth-order valence-corrected chi connectivity index (χ4v) is 3.21. The van der Waals surface area contributed by atoms with Gasteiger partial charge in [-0.05, 0) is 36.1 Å². The van der Waals surface area contributed by atoms with E-state index in [4.69, 9.17) is 5.73 Å². The molecule has 1 aromatic carbocycles. The molecule has 21 heavy (non-hydrogen) atoms. The molecule has 3 N–H and O–H groups in total. The molecule has 5 nitrogen and oxygen atoms in total. The number of benzene rings is 1. The summed E-state index contributed by atoms with van der Waals surface area (Å²) in [4.78, 5) is 3.93. The molecule has 0 saturated carbocycles. The van der Waals surface area contributed by atoms with E-state index in [1.165, 1.54) is 18.3 Å². The number of nitrogen functional groups attached to an aromatic ring is 1. The summed E-state index contributed by atoms with van der Waals surface area (Å²) in [7, 11) is -3.66. The largest absolute Gasteiger partial charge is 0.384 e. The van der Waals surface area contributed by atoms with Crippen LogP contribution < -0.4 is 10.5 Å². The normalized spacial score (nSPS) is 11.3. The zero-order valence-corrected chi connectivity index (χ0v) is 12.9. The number of nitrogens with zero attached hydrogens (tertiary/aromatic N) is 1. The molecule has 6 heteroatoms. The first-order valence-corrected chi connectivity index (χ1v) is 8.31. The van der Waals surface area contributed by atoms with Gasteiger partial charge in [0.15, 0.2) is 0 Å². The lowest BCUT2D eigenvalue weighted by Gasteiger charge is -2.15. The van der Waals surface area contributed by atoms with E-state index in [1.54, 1.807) is 0 Å². The van der Waals surface area contributed by atoms with Crippen molar-refractivity contribution in [1.82, 2.24) is 4.98 Å². The van der Waals surface area contributed by atoms with Gasteiger partial charge in [0.2, 0.25) is 0 Å². The van der Waals surface area contributed by atoms with Crippen molar-refractivity contribution < 1.29 is 8.42 Å². The zero-order chi connectivity index (χ0) is 15.5. The van der Waals surface area contributed by atoms with Crippen LogP contribution in [0.1, 0.15) is 25.0 Å². The third-order valence-electron chi connectivity index (χ3n) is 3.30. The Balaban J connectivity index is 2.43. The Morgan fingerprint density at radius 1 is 1.10 bits per heavy atom. The van der Waals surface area contributed by atoms with Gasteiger partial charge in [-0.15, -0.1) is 0 Å². The number of aryl methyl sites for hydroxylation is 2. The Morgan fingerprint density at radius 2 is 1.71 bits per heavy atom. The molecule has 0 saturated heterocycles. The standard InChI is InChI=1S/C15H19N3O2S/c1-3-11-6-5-7-12(4-2)15(11)18-21(19,20)13-8-9-14(16)17-10-13/h5-10,18H,3-4H2,1-2H3,(H2,16,17). The van der Waals surface area contributed by atoms with E-state index in [0.717, 1.165) is 24.0 Å². The van der Waals surface area contributed by atoms with E-state index in [0.29, 0.717) is 5.69 Å². The van der Waals surface area contributed by atoms with Crippen LogP contribution in [0.4, 0.5) is 11.5 Å². The first kappa shape index (κ1) is 15.3. The number of hydrogen-bond donors (Lipinski definition) is 2. The number of para-hydroxylation sites is 1. The van der Waals surface area contributed by atoms with E-state index in [1.807, 2.05) is 32.0 Å². The van der Waals surface area contributed by atoms with Gasteiger partial charge in [-0.1, -0.05) is 32.0 Å². The van der Waals surface area contributed by atoms with Gasteiger partial charge in [0.1, 0.15) is 10.7 Å². The Hall–Kier alpha value is -2.08. The summed E-state index contributed by atoms with van der Waals surface area (Å²) in [5.74, 6) is 0.289. The first-order chi connectivity index (χ1) is 9.97. The van der Waals surface area contributed by atoms with Crippen molar-refractivity contribution in [2.24, 2.45) is 0 Å². The monoisotopic (exact) mass is 305 g/mol. The first-order valence-electron chi connectivity index (χ1n) is 6.83. The molecule has 0 fully saturated rings.